The summed E-state index contributed by atoms with van der Waals surface area (Å²) in [5, 5.41) is 6.82. The quantitative estimate of drug-likeness (QED) is 0.471. The molecular formula is C18H16Cl2F2N2O4. The van der Waals surface area contributed by atoms with E-state index < -0.39 is 18.6 Å². The molecule has 1 N–H and O–H groups in total. The Morgan fingerprint density at radius 1 is 1.21 bits per heavy atom. The monoisotopic (exact) mass is 432 g/mol. The van der Waals surface area contributed by atoms with E-state index in [0.29, 0.717) is 16.3 Å². The third-order valence-electron chi connectivity index (χ3n) is 3.40. The lowest BCUT2D eigenvalue weighted by atomic mass is 10.2. The smallest absolute Gasteiger partial charge is 0.387 e. The number of halogens is 4. The molecule has 0 heterocycles. The van der Waals surface area contributed by atoms with Crippen LogP contribution in [0.2, 0.25) is 10.0 Å². The van der Waals surface area contributed by atoms with E-state index >= 15 is 0 Å². The van der Waals surface area contributed by atoms with Crippen molar-refractivity contribution in [1.82, 2.24) is 0 Å². The van der Waals surface area contributed by atoms with Gasteiger partial charge in [-0.25, -0.2) is 0 Å². The maximum absolute atomic E-state index is 12.3. The van der Waals surface area contributed by atoms with Gasteiger partial charge in [0, 0.05) is 5.56 Å². The molecule has 0 radical (unpaired) electrons. The summed E-state index contributed by atoms with van der Waals surface area (Å²) < 4.78 is 34.0. The topological polar surface area (TPSA) is 69.2 Å². The van der Waals surface area contributed by atoms with Crippen LogP contribution in [-0.2, 0) is 9.63 Å². The van der Waals surface area contributed by atoms with E-state index in [1.165, 1.54) is 38.4 Å². The van der Waals surface area contributed by atoms with E-state index in [1.807, 2.05) is 0 Å². The molecule has 0 aliphatic rings. The van der Waals surface area contributed by atoms with Gasteiger partial charge in [0.1, 0.15) is 0 Å². The molecule has 0 spiro atoms. The highest BCUT2D eigenvalue weighted by Gasteiger charge is 2.16. The van der Waals surface area contributed by atoms with Gasteiger partial charge in [0.25, 0.3) is 5.91 Å². The van der Waals surface area contributed by atoms with Crippen molar-refractivity contribution in [1.29, 1.82) is 0 Å². The summed E-state index contributed by atoms with van der Waals surface area (Å²) in [6.45, 7) is -1.48. The molecule has 0 fully saturated rings. The van der Waals surface area contributed by atoms with Crippen LogP contribution < -0.4 is 14.8 Å². The first-order chi connectivity index (χ1) is 13.3. The molecule has 0 bridgehead atoms. The highest BCUT2D eigenvalue weighted by Crippen LogP contribution is 2.30. The van der Waals surface area contributed by atoms with Crippen LogP contribution in [-0.4, -0.2) is 31.9 Å². The lowest BCUT2D eigenvalue weighted by Gasteiger charge is -2.12. The average molecular weight is 433 g/mol. The number of hydrogen-bond acceptors (Lipinski definition) is 5. The molecule has 0 aromatic heterocycles. The Hall–Kier alpha value is -2.58. The average Bonchev–Trinajstić information content (AvgIpc) is 2.65. The molecule has 0 saturated carbocycles. The molecule has 2 rings (SSSR count). The third-order valence-corrected chi connectivity index (χ3v) is 4.22. The molecule has 1 amide bonds. The van der Waals surface area contributed by atoms with Crippen LogP contribution in [0.3, 0.4) is 0 Å². The lowest BCUT2D eigenvalue weighted by molar-refractivity contribution is -0.126. The summed E-state index contributed by atoms with van der Waals surface area (Å²) in [6, 6.07) is 9.05. The molecule has 0 aliphatic heterocycles. The van der Waals surface area contributed by atoms with Crippen molar-refractivity contribution in [3.63, 3.8) is 0 Å². The van der Waals surface area contributed by atoms with E-state index in [4.69, 9.17) is 32.8 Å². The Labute approximate surface area is 170 Å². The molecule has 150 valence electrons. The SMILES string of the molecule is COc1cc(/C=N\O[C@@H](C)C(=O)Nc2cccc(Cl)c2Cl)ccc1OC(F)F. The van der Waals surface area contributed by atoms with Gasteiger partial charge < -0.3 is 19.6 Å². The minimum Gasteiger partial charge on any atom is -0.493 e. The predicted octanol–water partition coefficient (Wildman–Crippen LogP) is 4.98. The minimum atomic E-state index is -2.97. The zero-order chi connectivity index (χ0) is 20.7. The van der Waals surface area contributed by atoms with Crippen molar-refractivity contribution in [2.75, 3.05) is 12.4 Å². The summed E-state index contributed by atoms with van der Waals surface area (Å²) in [5.74, 6) is -0.494. The summed E-state index contributed by atoms with van der Waals surface area (Å²) in [6.07, 6.45) is 0.361. The van der Waals surface area contributed by atoms with Gasteiger partial charge in [0.15, 0.2) is 11.5 Å². The molecule has 0 saturated heterocycles. The summed E-state index contributed by atoms with van der Waals surface area (Å²) >= 11 is 11.9. The van der Waals surface area contributed by atoms with Crippen LogP contribution in [0.15, 0.2) is 41.6 Å². The number of nitrogens with one attached hydrogen (secondary N) is 1. The fraction of sp³-hybridized carbons (Fsp3) is 0.222. The minimum absolute atomic E-state index is 0.102. The van der Waals surface area contributed by atoms with Crippen molar-refractivity contribution in [3.05, 3.63) is 52.0 Å². The maximum atomic E-state index is 12.3. The summed E-state index contributed by atoms with van der Waals surface area (Å²) in [7, 11) is 1.32. The normalized spacial score (nSPS) is 12.1. The second-order valence-corrected chi connectivity index (χ2v) is 6.15. The molecular weight excluding hydrogens is 417 g/mol. The van der Waals surface area contributed by atoms with Crippen molar-refractivity contribution in [3.8, 4) is 11.5 Å². The number of alkyl halides is 2. The van der Waals surface area contributed by atoms with E-state index in [1.54, 1.807) is 18.2 Å². The van der Waals surface area contributed by atoms with Crippen LogP contribution in [0.25, 0.3) is 0 Å². The van der Waals surface area contributed by atoms with Gasteiger partial charge in [0.2, 0.25) is 6.10 Å². The molecule has 1 atom stereocenters. The van der Waals surface area contributed by atoms with Crippen LogP contribution in [0.1, 0.15) is 12.5 Å². The number of anilines is 1. The lowest BCUT2D eigenvalue weighted by Crippen LogP contribution is -2.26. The number of oxime groups is 1. The number of carbonyl (C=O) groups is 1. The van der Waals surface area contributed by atoms with Crippen molar-refractivity contribution >= 4 is 41.0 Å². The van der Waals surface area contributed by atoms with Gasteiger partial charge in [-0.1, -0.05) is 34.4 Å². The molecule has 10 heteroatoms. The second-order valence-electron chi connectivity index (χ2n) is 5.36. The van der Waals surface area contributed by atoms with Gasteiger partial charge in [-0.05, 0) is 37.3 Å². The van der Waals surface area contributed by atoms with Crippen LogP contribution >= 0.6 is 23.2 Å². The first kappa shape index (κ1) is 21.7. The van der Waals surface area contributed by atoms with Gasteiger partial charge in [-0.3, -0.25) is 4.79 Å². The summed E-state index contributed by atoms with van der Waals surface area (Å²) in [5.41, 5.74) is 0.835. The molecule has 0 unspecified atom stereocenters. The number of carbonyl (C=O) groups excluding carboxylic acids is 1. The van der Waals surface area contributed by atoms with Crippen LogP contribution in [0.5, 0.6) is 11.5 Å². The number of hydrogen-bond donors (Lipinski definition) is 1. The summed E-state index contributed by atoms with van der Waals surface area (Å²) in [4.78, 5) is 17.3. The fourth-order valence-corrected chi connectivity index (χ4v) is 2.37. The van der Waals surface area contributed by atoms with Gasteiger partial charge >= 0.3 is 6.61 Å². The fourth-order valence-electron chi connectivity index (χ4n) is 2.02. The highest BCUT2D eigenvalue weighted by atomic mass is 35.5. The first-order valence-electron chi connectivity index (χ1n) is 7.88. The Kier molecular flexibility index (Phi) is 7.83. The number of benzene rings is 2. The maximum Gasteiger partial charge on any atom is 0.387 e. The number of ether oxygens (including phenoxy) is 2. The zero-order valence-electron chi connectivity index (χ0n) is 14.8. The first-order valence-corrected chi connectivity index (χ1v) is 8.64. The Morgan fingerprint density at radius 3 is 2.64 bits per heavy atom. The highest BCUT2D eigenvalue weighted by molar-refractivity contribution is 6.44. The van der Waals surface area contributed by atoms with E-state index in [9.17, 15) is 13.6 Å². The Morgan fingerprint density at radius 2 is 1.96 bits per heavy atom. The molecule has 2 aromatic carbocycles. The van der Waals surface area contributed by atoms with Gasteiger partial charge in [-0.2, -0.15) is 8.78 Å². The van der Waals surface area contributed by atoms with E-state index in [0.717, 1.165) is 0 Å². The van der Waals surface area contributed by atoms with Gasteiger partial charge in [-0.15, -0.1) is 0 Å². The zero-order valence-corrected chi connectivity index (χ0v) is 16.3. The third kappa shape index (κ3) is 5.97. The van der Waals surface area contributed by atoms with E-state index in [-0.39, 0.29) is 16.5 Å². The van der Waals surface area contributed by atoms with E-state index in [2.05, 4.69) is 15.2 Å². The Balaban J connectivity index is 1.97. The second kappa shape index (κ2) is 10.1. The van der Waals surface area contributed by atoms with Crippen molar-refractivity contribution in [2.45, 2.75) is 19.6 Å². The molecule has 28 heavy (non-hydrogen) atoms. The molecule has 6 nitrogen and oxygen atoms in total. The Bertz CT molecular complexity index is 865. The number of rotatable bonds is 8. The van der Waals surface area contributed by atoms with Crippen LogP contribution in [0.4, 0.5) is 14.5 Å². The van der Waals surface area contributed by atoms with Crippen LogP contribution in [0, 0.1) is 0 Å². The van der Waals surface area contributed by atoms with Gasteiger partial charge in [0.05, 0.1) is 29.1 Å². The number of methoxy groups -OCH3 is 1. The number of amides is 1. The standard InChI is InChI=1S/C18H16Cl2F2N2O4/c1-10(17(25)24-13-5-3-4-12(19)16(13)20)28-23-9-11-6-7-14(27-18(21)22)15(8-11)26-2/h3-10,18H,1-2H3,(H,24,25)/b23-9-/t10-/m0/s1. The molecule has 0 aliphatic carbocycles. The number of nitrogens with zero attached hydrogens (tertiary/aromatic N) is 1. The largest absolute Gasteiger partial charge is 0.493 e. The predicted molar refractivity (Wildman–Crippen MR) is 103 cm³/mol. The van der Waals surface area contributed by atoms with Crippen molar-refractivity contribution in [2.24, 2.45) is 5.16 Å². The van der Waals surface area contributed by atoms with Crippen molar-refractivity contribution < 1.29 is 27.9 Å². The molecule has 2 aromatic rings.